The van der Waals surface area contributed by atoms with Gasteiger partial charge in [-0.05, 0) is 0 Å². The summed E-state index contributed by atoms with van der Waals surface area (Å²) >= 11 is -6.55. The number of nitrogens with zero attached hydrogens (tertiary/aromatic N) is 6. The van der Waals surface area contributed by atoms with Gasteiger partial charge in [0.2, 0.25) is 0 Å². The molecule has 0 amide bonds. The Labute approximate surface area is 236 Å². The van der Waals surface area contributed by atoms with Crippen molar-refractivity contribution < 1.29 is 183 Å². The summed E-state index contributed by atoms with van der Waals surface area (Å²) in [5, 5.41) is 51.6. The minimum absolute atomic E-state index is 0. The normalized spacial score (nSPS) is 9.16. The fourth-order valence-electron chi connectivity index (χ4n) is 0.265. The molecule has 0 aliphatic heterocycles. The summed E-state index contributed by atoms with van der Waals surface area (Å²) in [5.41, 5.74) is 0. The number of rotatable bonds is 0. The van der Waals surface area contributed by atoms with Gasteiger partial charge in [0.1, 0.15) is 0 Å². The number of hydrogen-bond acceptors (Lipinski definition) is 6. The largest absolute Gasteiger partial charge is 1.00 e. The van der Waals surface area contributed by atoms with Crippen LogP contribution in [0.4, 0.5) is 0 Å². The topological polar surface area (TPSA) is 237 Å². The maximum absolute atomic E-state index is 8.59. The van der Waals surface area contributed by atoms with Crippen LogP contribution in [0.5, 0.6) is 0 Å². The first-order chi connectivity index (χ1) is 5.97. The molecule has 0 spiro atoms. The predicted molar refractivity (Wildman–Crippen MR) is 44.5 cm³/mol. The second-order valence-corrected chi connectivity index (χ2v) is 10.6. The van der Waals surface area contributed by atoms with Gasteiger partial charge in [-0.15, -0.1) is 0 Å². The van der Waals surface area contributed by atoms with E-state index in [0.717, 1.165) is 28.0 Å². The third-order valence-electron chi connectivity index (χ3n) is 1.19. The van der Waals surface area contributed by atoms with E-state index < -0.39 is 12.4 Å². The van der Waals surface area contributed by atoms with Crippen molar-refractivity contribution in [1.29, 1.82) is 31.6 Å². The zero-order valence-electron chi connectivity index (χ0n) is 10.5. The average Bonchev–Trinajstić information content (AvgIpc) is 2.26. The molecule has 0 unspecified atom stereocenters. The Morgan fingerprint density at radius 2 is 0.526 bits per heavy atom. The van der Waals surface area contributed by atoms with E-state index in [1.165, 1.54) is 0 Å². The summed E-state index contributed by atoms with van der Waals surface area (Å²) in [6, 6.07) is 0. The second kappa shape index (κ2) is 14.0. The standard InChI is InChI=1S/6CN.3K.3H2O.Ru/c6*1-2;;;;;;;/h;;;;;;;;;3*1H2;/q;;;;;;3*+1;;;;-3. The molecule has 0 aliphatic rings. The Hall–Kier alpha value is 2.35. The first-order valence-electron chi connectivity index (χ1n) is 2.40. The van der Waals surface area contributed by atoms with E-state index in [9.17, 15) is 0 Å². The molecule has 0 aromatic heterocycles. The van der Waals surface area contributed by atoms with E-state index in [0.29, 0.717) is 0 Å². The molecule has 0 saturated heterocycles. The first kappa shape index (κ1) is 42.9. The minimum Gasteiger partial charge on any atom is -0.412 e. The zero-order valence-corrected chi connectivity index (χ0v) is 21.6. The van der Waals surface area contributed by atoms with Crippen LogP contribution >= 0.6 is 0 Å². The summed E-state index contributed by atoms with van der Waals surface area (Å²) in [7, 11) is 0. The summed E-state index contributed by atoms with van der Waals surface area (Å²) in [4.78, 5) is 0. The van der Waals surface area contributed by atoms with Crippen molar-refractivity contribution in [1.82, 2.24) is 0 Å². The van der Waals surface area contributed by atoms with Gasteiger partial charge in [0.15, 0.2) is 0 Å². The van der Waals surface area contributed by atoms with Gasteiger partial charge in [-0.25, -0.2) is 0 Å². The molecular formula is C6H6K3N6O3Ru. The van der Waals surface area contributed by atoms with Crippen LogP contribution in [0.25, 0.3) is 0 Å². The quantitative estimate of drug-likeness (QED) is 0.339. The monoisotopic (exact) mass is 429 g/mol. The van der Waals surface area contributed by atoms with Crippen molar-refractivity contribution >= 4 is 0 Å². The summed E-state index contributed by atoms with van der Waals surface area (Å²) in [6.45, 7) is 0. The van der Waals surface area contributed by atoms with Crippen molar-refractivity contribution in [2.24, 2.45) is 0 Å². The van der Waals surface area contributed by atoms with Crippen LogP contribution in [0, 0.1) is 59.6 Å². The molecule has 0 fully saturated rings. The smallest absolute Gasteiger partial charge is 0.412 e. The summed E-state index contributed by atoms with van der Waals surface area (Å²) in [6.07, 6.45) is 0. The van der Waals surface area contributed by atoms with Gasteiger partial charge >= 0.3 is 226 Å². The van der Waals surface area contributed by atoms with Gasteiger partial charge in [0, 0.05) is 0 Å². The summed E-state index contributed by atoms with van der Waals surface area (Å²) < 4.78 is 6.37. The number of hydrogen-bond donors (Lipinski definition) is 0. The molecule has 0 aliphatic carbocycles. The Morgan fingerprint density at radius 1 is 0.421 bits per heavy atom. The molecule has 0 aromatic carbocycles. The molecule has 0 bridgehead atoms. The predicted octanol–water partition coefficient (Wildman–Crippen LogP) is -11.4. The molecule has 0 rings (SSSR count). The van der Waals surface area contributed by atoms with Crippen molar-refractivity contribution in [3.8, 4) is 28.0 Å². The molecule has 0 atom stereocenters. The molecule has 13 heteroatoms. The molecule has 0 aromatic rings. The van der Waals surface area contributed by atoms with Crippen LogP contribution in [0.3, 0.4) is 0 Å². The number of nitriles is 6. The van der Waals surface area contributed by atoms with E-state index in [2.05, 4.69) is 0 Å². The fraction of sp³-hybridized carbons (Fsp3) is 0. The van der Waals surface area contributed by atoms with Gasteiger partial charge in [-0.1, -0.05) is 0 Å². The zero-order chi connectivity index (χ0) is 10.7. The van der Waals surface area contributed by atoms with E-state index in [1.807, 2.05) is 0 Å². The SMILES string of the molecule is N#[C][Ru-3]([C]#N)([C]#N)([C]#N)([C]#N)[C]#N.O.O.O.[K+].[K+].[K+]. The molecular weight excluding hydrogens is 422 g/mol. The van der Waals surface area contributed by atoms with E-state index in [1.54, 1.807) is 0 Å². The molecule has 0 radical (unpaired) electrons. The Balaban J connectivity index is -0.0000000480. The Morgan fingerprint density at radius 3 is 0.526 bits per heavy atom. The molecule has 89 valence electrons. The first-order valence-corrected chi connectivity index (χ1v) is 7.62. The Kier molecular flexibility index (Phi) is 31.6. The molecule has 0 heterocycles. The maximum atomic E-state index is 8.59. The van der Waals surface area contributed by atoms with E-state index in [-0.39, 0.29) is 171 Å². The van der Waals surface area contributed by atoms with Gasteiger partial charge in [0.25, 0.3) is 0 Å². The van der Waals surface area contributed by atoms with Crippen molar-refractivity contribution in [2.45, 2.75) is 0 Å². The van der Waals surface area contributed by atoms with E-state index >= 15 is 0 Å². The van der Waals surface area contributed by atoms with Gasteiger partial charge in [-0.2, -0.15) is 0 Å². The third-order valence-corrected chi connectivity index (χ3v) is 7.02. The minimum atomic E-state index is -6.55. The van der Waals surface area contributed by atoms with Crippen LogP contribution in [-0.2, 0) is 12.4 Å². The van der Waals surface area contributed by atoms with Crippen molar-refractivity contribution in [3.63, 3.8) is 0 Å². The van der Waals surface area contributed by atoms with Crippen LogP contribution in [0.2, 0.25) is 0 Å². The van der Waals surface area contributed by atoms with Crippen LogP contribution in [0.1, 0.15) is 0 Å². The molecule has 0 saturated carbocycles. The fourth-order valence-corrected chi connectivity index (χ4v) is 1.57. The molecule has 6 N–H and O–H groups in total. The van der Waals surface area contributed by atoms with Gasteiger partial charge in [-0.3, -0.25) is 0 Å². The van der Waals surface area contributed by atoms with Gasteiger partial charge < -0.3 is 16.4 Å². The van der Waals surface area contributed by atoms with Crippen LogP contribution < -0.4 is 154 Å². The summed E-state index contributed by atoms with van der Waals surface area (Å²) in [5.74, 6) is 0. The maximum Gasteiger partial charge on any atom is 1.00 e. The molecule has 19 heavy (non-hydrogen) atoms. The van der Waals surface area contributed by atoms with Gasteiger partial charge in [0.05, 0.1) is 0 Å². The average molecular weight is 429 g/mol. The Bertz CT molecular complexity index is 410. The van der Waals surface area contributed by atoms with Crippen LogP contribution in [0.15, 0.2) is 0 Å². The van der Waals surface area contributed by atoms with Crippen molar-refractivity contribution in [2.75, 3.05) is 0 Å². The van der Waals surface area contributed by atoms with Crippen molar-refractivity contribution in [3.05, 3.63) is 0 Å². The van der Waals surface area contributed by atoms with E-state index in [4.69, 9.17) is 31.6 Å². The molecule has 9 nitrogen and oxygen atoms in total. The third kappa shape index (κ3) is 6.55. The van der Waals surface area contributed by atoms with Crippen LogP contribution in [-0.4, -0.2) is 16.4 Å². The second-order valence-electron chi connectivity index (χ2n) is 1.80.